The highest BCUT2D eigenvalue weighted by atomic mass is 16.1. The number of pyridine rings is 1. The van der Waals surface area contributed by atoms with E-state index in [0.29, 0.717) is 12.1 Å². The Morgan fingerprint density at radius 2 is 2.24 bits per heavy atom. The van der Waals surface area contributed by atoms with Crippen LogP contribution in [-0.4, -0.2) is 21.1 Å². The minimum atomic E-state index is -0.115. The Hall–Kier alpha value is -2.17. The predicted molar refractivity (Wildman–Crippen MR) is 63.5 cm³/mol. The van der Waals surface area contributed by atoms with E-state index < -0.39 is 0 Å². The van der Waals surface area contributed by atoms with E-state index >= 15 is 0 Å². The number of amides is 1. The maximum Gasteiger partial charge on any atom is 0.253 e. The van der Waals surface area contributed by atoms with E-state index in [0.717, 1.165) is 17.0 Å². The van der Waals surface area contributed by atoms with Gasteiger partial charge in [0.15, 0.2) is 0 Å². The van der Waals surface area contributed by atoms with Crippen LogP contribution >= 0.6 is 0 Å². The van der Waals surface area contributed by atoms with Gasteiger partial charge in [-0.15, -0.1) is 0 Å². The molecule has 0 spiro atoms. The quantitative estimate of drug-likeness (QED) is 0.836. The van der Waals surface area contributed by atoms with Crippen molar-refractivity contribution in [2.24, 2.45) is 0 Å². The van der Waals surface area contributed by atoms with Gasteiger partial charge >= 0.3 is 0 Å². The largest absolute Gasteiger partial charge is 0.348 e. The van der Waals surface area contributed by atoms with Crippen molar-refractivity contribution in [2.45, 2.75) is 20.4 Å². The molecular formula is C12H14N4O. The summed E-state index contributed by atoms with van der Waals surface area (Å²) in [5, 5.41) is 9.33. The lowest BCUT2D eigenvalue weighted by atomic mass is 10.1. The van der Waals surface area contributed by atoms with Crippen LogP contribution in [0.15, 0.2) is 24.5 Å². The number of aromatic nitrogens is 3. The van der Waals surface area contributed by atoms with Gasteiger partial charge in [0.25, 0.3) is 5.91 Å². The average Bonchev–Trinajstić information content (AvgIpc) is 2.78. The van der Waals surface area contributed by atoms with Crippen LogP contribution < -0.4 is 5.32 Å². The third-order valence-electron chi connectivity index (χ3n) is 2.48. The summed E-state index contributed by atoms with van der Waals surface area (Å²) in [5.41, 5.74) is 3.21. The minimum absolute atomic E-state index is 0.115. The van der Waals surface area contributed by atoms with E-state index in [1.807, 2.05) is 19.9 Å². The van der Waals surface area contributed by atoms with Crippen molar-refractivity contribution in [3.63, 3.8) is 0 Å². The number of aromatic amines is 1. The Morgan fingerprint density at radius 1 is 1.41 bits per heavy atom. The summed E-state index contributed by atoms with van der Waals surface area (Å²) in [6, 6.07) is 3.63. The van der Waals surface area contributed by atoms with Gasteiger partial charge in [0, 0.05) is 24.0 Å². The molecule has 0 aromatic carbocycles. The first-order valence-electron chi connectivity index (χ1n) is 5.37. The van der Waals surface area contributed by atoms with Crippen molar-refractivity contribution >= 4 is 5.91 Å². The zero-order valence-corrected chi connectivity index (χ0v) is 9.82. The summed E-state index contributed by atoms with van der Waals surface area (Å²) in [7, 11) is 0. The summed E-state index contributed by atoms with van der Waals surface area (Å²) in [6.07, 6.45) is 3.43. The molecule has 5 heteroatoms. The SMILES string of the molecule is Cc1ccc(C(=O)NCc2cn[nH]c2)c(C)n1. The van der Waals surface area contributed by atoms with Gasteiger partial charge in [-0.25, -0.2) is 0 Å². The van der Waals surface area contributed by atoms with Gasteiger partial charge in [0.1, 0.15) is 0 Å². The Balaban J connectivity index is 2.04. The molecule has 2 N–H and O–H groups in total. The van der Waals surface area contributed by atoms with Crippen molar-refractivity contribution in [1.29, 1.82) is 0 Å². The molecule has 0 atom stereocenters. The Bertz CT molecular complexity index is 519. The van der Waals surface area contributed by atoms with E-state index in [4.69, 9.17) is 0 Å². The molecule has 0 aliphatic carbocycles. The number of H-pyrrole nitrogens is 1. The molecule has 0 saturated heterocycles. The van der Waals surface area contributed by atoms with E-state index in [-0.39, 0.29) is 5.91 Å². The Morgan fingerprint density at radius 3 is 2.88 bits per heavy atom. The molecule has 2 aromatic heterocycles. The topological polar surface area (TPSA) is 70.7 Å². The molecule has 0 aliphatic heterocycles. The summed E-state index contributed by atoms with van der Waals surface area (Å²) in [6.45, 7) is 4.20. The Labute approximate surface area is 99.3 Å². The number of carbonyl (C=O) groups excluding carboxylic acids is 1. The normalized spacial score (nSPS) is 10.2. The number of aryl methyl sites for hydroxylation is 2. The van der Waals surface area contributed by atoms with Crippen molar-refractivity contribution < 1.29 is 4.79 Å². The van der Waals surface area contributed by atoms with Crippen molar-refractivity contribution in [3.05, 3.63) is 47.0 Å². The number of hydrogen-bond acceptors (Lipinski definition) is 3. The molecular weight excluding hydrogens is 216 g/mol. The number of hydrogen-bond donors (Lipinski definition) is 2. The first-order valence-corrected chi connectivity index (χ1v) is 5.37. The molecule has 0 radical (unpaired) electrons. The van der Waals surface area contributed by atoms with Crippen LogP contribution in [-0.2, 0) is 6.54 Å². The second kappa shape index (κ2) is 4.78. The third kappa shape index (κ3) is 2.69. The van der Waals surface area contributed by atoms with E-state index in [1.54, 1.807) is 18.5 Å². The highest BCUT2D eigenvalue weighted by molar-refractivity contribution is 5.95. The predicted octanol–water partition coefficient (Wildman–Crippen LogP) is 1.35. The van der Waals surface area contributed by atoms with Crippen molar-refractivity contribution in [1.82, 2.24) is 20.5 Å². The van der Waals surface area contributed by atoms with E-state index in [2.05, 4.69) is 20.5 Å². The number of nitrogens with zero attached hydrogens (tertiary/aromatic N) is 2. The fourth-order valence-corrected chi connectivity index (χ4v) is 1.58. The van der Waals surface area contributed by atoms with Crippen molar-refractivity contribution in [2.75, 3.05) is 0 Å². The van der Waals surface area contributed by atoms with Crippen molar-refractivity contribution in [3.8, 4) is 0 Å². The standard InChI is InChI=1S/C12H14N4O/c1-8-3-4-11(9(2)16-8)12(17)13-5-10-6-14-15-7-10/h3-4,6-7H,5H2,1-2H3,(H,13,17)(H,14,15). The number of carbonyl (C=O) groups is 1. The number of nitrogens with one attached hydrogen (secondary N) is 2. The molecule has 17 heavy (non-hydrogen) atoms. The minimum Gasteiger partial charge on any atom is -0.348 e. The second-order valence-corrected chi connectivity index (χ2v) is 3.87. The van der Waals surface area contributed by atoms with Gasteiger partial charge < -0.3 is 5.32 Å². The molecule has 1 amide bonds. The lowest BCUT2D eigenvalue weighted by Crippen LogP contribution is -2.23. The van der Waals surface area contributed by atoms with Gasteiger partial charge in [-0.1, -0.05) is 0 Å². The van der Waals surface area contributed by atoms with Gasteiger partial charge in [-0.05, 0) is 26.0 Å². The zero-order valence-electron chi connectivity index (χ0n) is 9.82. The fraction of sp³-hybridized carbons (Fsp3) is 0.250. The lowest BCUT2D eigenvalue weighted by Gasteiger charge is -2.06. The maximum absolute atomic E-state index is 11.9. The highest BCUT2D eigenvalue weighted by Crippen LogP contribution is 2.06. The molecule has 2 rings (SSSR count). The first-order chi connectivity index (χ1) is 8.16. The summed E-state index contributed by atoms with van der Waals surface area (Å²) < 4.78 is 0. The highest BCUT2D eigenvalue weighted by Gasteiger charge is 2.09. The van der Waals surface area contributed by atoms with Gasteiger partial charge in [-0.3, -0.25) is 14.9 Å². The molecule has 5 nitrogen and oxygen atoms in total. The summed E-state index contributed by atoms with van der Waals surface area (Å²) in [5.74, 6) is -0.115. The van der Waals surface area contributed by atoms with E-state index in [9.17, 15) is 4.79 Å². The molecule has 0 aliphatic rings. The zero-order chi connectivity index (χ0) is 12.3. The lowest BCUT2D eigenvalue weighted by molar-refractivity contribution is 0.0950. The van der Waals surface area contributed by atoms with Gasteiger partial charge in [0.2, 0.25) is 0 Å². The maximum atomic E-state index is 11.9. The van der Waals surface area contributed by atoms with Crippen LogP contribution in [0.4, 0.5) is 0 Å². The number of rotatable bonds is 3. The van der Waals surface area contributed by atoms with Crippen LogP contribution in [0, 0.1) is 13.8 Å². The van der Waals surface area contributed by atoms with Crippen LogP contribution in [0.2, 0.25) is 0 Å². The third-order valence-corrected chi connectivity index (χ3v) is 2.48. The molecule has 2 aromatic rings. The van der Waals surface area contributed by atoms with Gasteiger partial charge in [-0.2, -0.15) is 5.10 Å². The van der Waals surface area contributed by atoms with E-state index in [1.165, 1.54) is 0 Å². The summed E-state index contributed by atoms with van der Waals surface area (Å²) >= 11 is 0. The van der Waals surface area contributed by atoms with Crippen LogP contribution in [0.1, 0.15) is 27.3 Å². The molecule has 2 heterocycles. The van der Waals surface area contributed by atoms with Crippen LogP contribution in [0.25, 0.3) is 0 Å². The fourth-order valence-electron chi connectivity index (χ4n) is 1.58. The average molecular weight is 230 g/mol. The van der Waals surface area contributed by atoms with Crippen LogP contribution in [0.3, 0.4) is 0 Å². The molecule has 0 saturated carbocycles. The molecule has 0 unspecified atom stereocenters. The monoisotopic (exact) mass is 230 g/mol. The molecule has 0 bridgehead atoms. The smallest absolute Gasteiger partial charge is 0.253 e. The molecule has 0 fully saturated rings. The summed E-state index contributed by atoms with van der Waals surface area (Å²) in [4.78, 5) is 16.2. The second-order valence-electron chi connectivity index (χ2n) is 3.87. The van der Waals surface area contributed by atoms with Crippen LogP contribution in [0.5, 0.6) is 0 Å². The molecule has 88 valence electrons. The first kappa shape index (κ1) is 11.3. The Kier molecular flexibility index (Phi) is 3.18. The van der Waals surface area contributed by atoms with Gasteiger partial charge in [0.05, 0.1) is 17.5 Å².